The van der Waals surface area contributed by atoms with E-state index in [4.69, 9.17) is 4.57 Å². The van der Waals surface area contributed by atoms with Gasteiger partial charge in [-0.05, 0) is 0 Å². The van der Waals surface area contributed by atoms with Gasteiger partial charge < -0.3 is 0 Å². The zero-order valence-electron chi connectivity index (χ0n) is 1.64. The van der Waals surface area contributed by atoms with E-state index >= 15 is 0 Å². The number of rotatable bonds is 0. The summed E-state index contributed by atoms with van der Waals surface area (Å²) in [5, 5.41) is 0. The minimum absolute atomic E-state index is 0. The quantitative estimate of drug-likeness (QED) is 0.361. The fourth-order valence-corrected chi connectivity index (χ4v) is 0. The molecule has 29 valence electrons. The smallest absolute Gasteiger partial charge is 0 e. The fraction of sp³-hybridized carbons (Fsp3) is 0. The minimum Gasteiger partial charge on any atom is 0 e. The molecule has 0 atom stereocenters. The van der Waals surface area contributed by atoms with Crippen molar-refractivity contribution in [2.24, 2.45) is 0 Å². The van der Waals surface area contributed by atoms with Crippen molar-refractivity contribution in [1.82, 2.24) is 0 Å². The van der Waals surface area contributed by atoms with Crippen molar-refractivity contribution in [2.75, 3.05) is 0 Å². The van der Waals surface area contributed by atoms with E-state index in [1.165, 1.54) is 0 Å². The first-order chi connectivity index (χ1) is 1.00. The van der Waals surface area contributed by atoms with E-state index in [2.05, 4.69) is 0 Å². The largest absolute Gasteiger partial charge is 0 e. The Hall–Kier alpha value is 1.74. The van der Waals surface area contributed by atoms with E-state index in [9.17, 15) is 0 Å². The first-order valence-electron chi connectivity index (χ1n) is 0.204. The van der Waals surface area contributed by atoms with Crippen molar-refractivity contribution in [3.63, 3.8) is 0 Å². The van der Waals surface area contributed by atoms with Gasteiger partial charge in [0.2, 0.25) is 0 Å². The molecule has 0 amide bonds. The van der Waals surface area contributed by atoms with Crippen LogP contribution >= 0.6 is 9.12 Å². The van der Waals surface area contributed by atoms with E-state index < -0.39 is 0 Å². The molecule has 0 aliphatic carbocycles. The maximum absolute atomic E-state index is 8.06. The average molecular weight is 167 g/mol. The Morgan fingerprint density at radius 2 is 1.20 bits per heavy atom. The monoisotopic (exact) mass is 167 g/mol. The van der Waals surface area contributed by atoms with Crippen LogP contribution in [0.25, 0.3) is 0 Å². The average Bonchev–Trinajstić information content (AvgIpc) is 1.00. The van der Waals surface area contributed by atoms with Gasteiger partial charge in [0.1, 0.15) is 9.12 Å². The third kappa shape index (κ3) is 26.6. The van der Waals surface area contributed by atoms with Gasteiger partial charge in [-0.25, -0.2) is 0 Å². The number of hydrogen-bond acceptors (Lipinski definition) is 1. The normalized spacial score (nSPS) is 0.800. The van der Waals surface area contributed by atoms with Gasteiger partial charge >= 0.3 is 18.9 Å². The van der Waals surface area contributed by atoms with E-state index in [1.54, 1.807) is 9.12 Å². The van der Waals surface area contributed by atoms with Gasteiger partial charge in [0.15, 0.2) is 0 Å². The van der Waals surface area contributed by atoms with E-state index in [0.717, 1.165) is 0 Å². The molecule has 5 heavy (non-hydrogen) atoms. The molecule has 0 rings (SSSR count). The van der Waals surface area contributed by atoms with Gasteiger partial charge in [0.25, 0.3) is 0 Å². The SMILES string of the molecule is O=P.[Fe].[LiH].[Mn]. The molecule has 1 radical (unpaired) electrons. The summed E-state index contributed by atoms with van der Waals surface area (Å²) in [6, 6.07) is 0. The Labute approximate surface area is 66.4 Å². The molecule has 0 aliphatic rings. The first kappa shape index (κ1) is 29.6. The van der Waals surface area contributed by atoms with Crippen LogP contribution in [0.4, 0.5) is 0 Å². The van der Waals surface area contributed by atoms with Crippen LogP contribution in [-0.4, -0.2) is 18.9 Å². The van der Waals surface area contributed by atoms with Crippen LogP contribution in [-0.2, 0) is 38.7 Å². The van der Waals surface area contributed by atoms with Gasteiger partial charge in [-0.3, -0.25) is 4.57 Å². The van der Waals surface area contributed by atoms with Crippen LogP contribution < -0.4 is 0 Å². The summed E-state index contributed by atoms with van der Waals surface area (Å²) in [5.74, 6) is 0. The molecule has 0 heterocycles. The topological polar surface area (TPSA) is 17.1 Å². The van der Waals surface area contributed by atoms with E-state index in [1.807, 2.05) is 0 Å². The summed E-state index contributed by atoms with van der Waals surface area (Å²) in [7, 11) is 1.72. The van der Waals surface area contributed by atoms with Crippen molar-refractivity contribution in [3.8, 4) is 0 Å². The summed E-state index contributed by atoms with van der Waals surface area (Å²) in [4.78, 5) is 0. The Kier molecular flexibility index (Phi) is 253. The first-order valence-corrected chi connectivity index (χ1v) is 0.612. The van der Waals surface area contributed by atoms with E-state index in [-0.39, 0.29) is 53.0 Å². The fourth-order valence-electron chi connectivity index (χ4n) is 0. The molecule has 0 bridgehead atoms. The van der Waals surface area contributed by atoms with Crippen molar-refractivity contribution >= 4 is 28.0 Å². The predicted molar refractivity (Wildman–Crippen MR) is 16.2 cm³/mol. The van der Waals surface area contributed by atoms with Gasteiger partial charge in [0, 0.05) is 34.1 Å². The van der Waals surface area contributed by atoms with Gasteiger partial charge in [-0.1, -0.05) is 0 Å². The van der Waals surface area contributed by atoms with Crippen LogP contribution in [0.3, 0.4) is 0 Å². The zero-order valence-corrected chi connectivity index (χ0v) is 4.92. The zero-order chi connectivity index (χ0) is 2.00. The van der Waals surface area contributed by atoms with Gasteiger partial charge in [0.05, 0.1) is 0 Å². The van der Waals surface area contributed by atoms with Crippen molar-refractivity contribution < 1.29 is 38.7 Å². The van der Waals surface area contributed by atoms with E-state index in [0.29, 0.717) is 0 Å². The maximum Gasteiger partial charge on any atom is 0 e. The third-order valence-electron chi connectivity index (χ3n) is 0. The summed E-state index contributed by atoms with van der Waals surface area (Å²) < 4.78 is 8.06. The molecule has 0 spiro atoms. The van der Waals surface area contributed by atoms with Crippen LogP contribution in [0.5, 0.6) is 0 Å². The summed E-state index contributed by atoms with van der Waals surface area (Å²) in [6.07, 6.45) is 0. The van der Waals surface area contributed by atoms with Gasteiger partial charge in [-0.2, -0.15) is 0 Å². The van der Waals surface area contributed by atoms with Crippen molar-refractivity contribution in [1.29, 1.82) is 0 Å². The van der Waals surface area contributed by atoms with Crippen LogP contribution in [0.2, 0.25) is 0 Å². The second-order valence-corrected chi connectivity index (χ2v) is 0. The number of hydrogen-bond donors (Lipinski definition) is 0. The van der Waals surface area contributed by atoms with Crippen molar-refractivity contribution in [2.45, 2.75) is 0 Å². The molecule has 0 aromatic heterocycles. The Balaban J connectivity index is -0.00000000167. The Morgan fingerprint density at radius 3 is 1.20 bits per heavy atom. The second-order valence-electron chi connectivity index (χ2n) is 0. The molecule has 0 fully saturated rings. The van der Waals surface area contributed by atoms with Crippen LogP contribution in [0.15, 0.2) is 0 Å². The molecule has 0 unspecified atom stereocenters. The maximum atomic E-state index is 8.06. The second kappa shape index (κ2) is 42.7. The standard InChI is InChI=1S/Fe.Li.Mn.HOP.H/c;;;1-2;/h;;;2H;. The van der Waals surface area contributed by atoms with Crippen molar-refractivity contribution in [3.05, 3.63) is 0 Å². The molecule has 0 N–H and O–H groups in total. The van der Waals surface area contributed by atoms with Crippen LogP contribution in [0.1, 0.15) is 0 Å². The molecular weight excluding hydrogens is 165 g/mol. The molecule has 0 aliphatic heterocycles. The molecule has 0 saturated heterocycles. The molecular formula is H2FeLiMnOP. The Morgan fingerprint density at radius 1 is 1.20 bits per heavy atom. The molecule has 0 aromatic rings. The summed E-state index contributed by atoms with van der Waals surface area (Å²) in [6.45, 7) is 0. The molecule has 0 saturated carbocycles. The molecule has 5 heteroatoms. The summed E-state index contributed by atoms with van der Waals surface area (Å²) in [5.41, 5.74) is 0. The Bertz CT molecular complexity index is 11.6. The molecule has 0 aromatic carbocycles. The molecule has 1 nitrogen and oxygen atoms in total. The minimum atomic E-state index is 0. The third-order valence-corrected chi connectivity index (χ3v) is 0. The summed E-state index contributed by atoms with van der Waals surface area (Å²) >= 11 is 0. The van der Waals surface area contributed by atoms with Crippen LogP contribution in [0, 0.1) is 0 Å². The predicted octanol–water partition coefficient (Wildman–Crippen LogP) is -0.179. The van der Waals surface area contributed by atoms with Gasteiger partial charge in [-0.15, -0.1) is 0 Å².